The zero-order chi connectivity index (χ0) is 21.6. The Balaban J connectivity index is 2.10. The average molecular weight is 420 g/mol. The molecule has 3 N–H and O–H groups in total. The molecule has 0 bridgehead atoms. The summed E-state index contributed by atoms with van der Waals surface area (Å²) in [6.45, 7) is 3.23. The van der Waals surface area contributed by atoms with Gasteiger partial charge < -0.3 is 15.8 Å². The summed E-state index contributed by atoms with van der Waals surface area (Å²) in [5.41, 5.74) is 7.06. The first-order valence-corrected chi connectivity index (χ1v) is 10.4. The number of carbonyl (C=O) groups is 2. The third-order valence-electron chi connectivity index (χ3n) is 4.29. The van der Waals surface area contributed by atoms with E-state index >= 15 is 0 Å². The van der Waals surface area contributed by atoms with E-state index in [-0.39, 0.29) is 24.4 Å². The molecule has 2 rings (SSSR count). The lowest BCUT2D eigenvalue weighted by Gasteiger charge is -2.20. The average Bonchev–Trinajstić information content (AvgIpc) is 2.67. The molecule has 2 aromatic carbocycles. The lowest BCUT2D eigenvalue weighted by molar-refractivity contribution is -0.117. The van der Waals surface area contributed by atoms with Crippen LogP contribution in [-0.2, 0) is 26.0 Å². The van der Waals surface area contributed by atoms with Crippen LogP contribution in [0.5, 0.6) is 5.75 Å². The molecule has 29 heavy (non-hydrogen) atoms. The normalized spacial score (nSPS) is 11.3. The topological polar surface area (TPSA) is 119 Å². The SMILES string of the molecule is CCN(CC(=O)Nc1ccc(CC(N)=O)cc1)S(=O)(=O)c1ccc(OC)c(C)c1. The van der Waals surface area contributed by atoms with Crippen LogP contribution >= 0.6 is 0 Å². The number of methoxy groups -OCH3 is 1. The first kappa shape index (κ1) is 22.4. The van der Waals surface area contributed by atoms with Crippen molar-refractivity contribution in [1.29, 1.82) is 0 Å². The number of aryl methyl sites for hydroxylation is 1. The zero-order valence-electron chi connectivity index (χ0n) is 16.6. The summed E-state index contributed by atoms with van der Waals surface area (Å²) in [5.74, 6) is -0.327. The molecule has 0 spiro atoms. The van der Waals surface area contributed by atoms with Crippen molar-refractivity contribution in [3.8, 4) is 5.75 Å². The summed E-state index contributed by atoms with van der Waals surface area (Å²) in [7, 11) is -2.33. The minimum atomic E-state index is -3.84. The molecule has 2 amide bonds. The smallest absolute Gasteiger partial charge is 0.243 e. The summed E-state index contributed by atoms with van der Waals surface area (Å²) in [5, 5.41) is 2.66. The Morgan fingerprint density at radius 2 is 1.79 bits per heavy atom. The van der Waals surface area contributed by atoms with E-state index in [0.29, 0.717) is 17.0 Å². The molecular weight excluding hydrogens is 394 g/mol. The van der Waals surface area contributed by atoms with Crippen LogP contribution in [0.15, 0.2) is 47.4 Å². The van der Waals surface area contributed by atoms with E-state index in [4.69, 9.17) is 10.5 Å². The summed E-state index contributed by atoms with van der Waals surface area (Å²) in [6.07, 6.45) is 0.108. The van der Waals surface area contributed by atoms with Gasteiger partial charge in [0.25, 0.3) is 0 Å². The highest BCUT2D eigenvalue weighted by atomic mass is 32.2. The number of anilines is 1. The van der Waals surface area contributed by atoms with Crippen LogP contribution in [0.2, 0.25) is 0 Å². The molecule has 8 nitrogen and oxygen atoms in total. The zero-order valence-corrected chi connectivity index (χ0v) is 17.5. The first-order chi connectivity index (χ1) is 13.7. The maximum absolute atomic E-state index is 12.9. The van der Waals surface area contributed by atoms with Crippen LogP contribution in [0.4, 0.5) is 5.69 Å². The van der Waals surface area contributed by atoms with Gasteiger partial charge in [0, 0.05) is 12.2 Å². The van der Waals surface area contributed by atoms with Gasteiger partial charge in [-0.05, 0) is 48.4 Å². The third-order valence-corrected chi connectivity index (χ3v) is 6.21. The quantitative estimate of drug-likeness (QED) is 0.641. The molecular formula is C20H25N3O5S. The van der Waals surface area contributed by atoms with Gasteiger partial charge in [-0.3, -0.25) is 9.59 Å². The van der Waals surface area contributed by atoms with Crippen LogP contribution in [0.3, 0.4) is 0 Å². The van der Waals surface area contributed by atoms with Crippen molar-refractivity contribution in [3.05, 3.63) is 53.6 Å². The van der Waals surface area contributed by atoms with Crippen LogP contribution in [0, 0.1) is 6.92 Å². The van der Waals surface area contributed by atoms with Crippen molar-refractivity contribution in [3.63, 3.8) is 0 Å². The van der Waals surface area contributed by atoms with E-state index < -0.39 is 21.8 Å². The predicted molar refractivity (Wildman–Crippen MR) is 110 cm³/mol. The molecule has 0 heterocycles. The monoisotopic (exact) mass is 419 g/mol. The van der Waals surface area contributed by atoms with Gasteiger partial charge in [0.15, 0.2) is 0 Å². The van der Waals surface area contributed by atoms with Gasteiger partial charge in [0.05, 0.1) is 25.0 Å². The molecule has 0 aromatic heterocycles. The maximum Gasteiger partial charge on any atom is 0.243 e. The second-order valence-electron chi connectivity index (χ2n) is 6.45. The van der Waals surface area contributed by atoms with Crippen LogP contribution in [-0.4, -0.2) is 44.7 Å². The van der Waals surface area contributed by atoms with E-state index in [9.17, 15) is 18.0 Å². The molecule has 0 aliphatic heterocycles. The van der Waals surface area contributed by atoms with Crippen LogP contribution in [0.25, 0.3) is 0 Å². The Morgan fingerprint density at radius 3 is 2.31 bits per heavy atom. The number of amides is 2. The van der Waals surface area contributed by atoms with Gasteiger partial charge in [-0.2, -0.15) is 4.31 Å². The summed E-state index contributed by atoms with van der Waals surface area (Å²) in [6, 6.07) is 11.2. The predicted octanol–water partition coefficient (Wildman–Crippen LogP) is 1.68. The molecule has 0 unspecified atom stereocenters. The van der Waals surface area contributed by atoms with Crippen molar-refractivity contribution >= 4 is 27.5 Å². The summed E-state index contributed by atoms with van der Waals surface area (Å²) >= 11 is 0. The molecule has 0 saturated carbocycles. The highest BCUT2D eigenvalue weighted by Gasteiger charge is 2.26. The maximum atomic E-state index is 12.9. The van der Waals surface area contributed by atoms with E-state index in [1.54, 1.807) is 44.2 Å². The lowest BCUT2D eigenvalue weighted by Crippen LogP contribution is -2.37. The van der Waals surface area contributed by atoms with Gasteiger partial charge in [-0.1, -0.05) is 19.1 Å². The van der Waals surface area contributed by atoms with Crippen molar-refractivity contribution < 1.29 is 22.7 Å². The van der Waals surface area contributed by atoms with Crippen molar-refractivity contribution in [1.82, 2.24) is 4.31 Å². The van der Waals surface area contributed by atoms with Gasteiger partial charge >= 0.3 is 0 Å². The number of sulfonamides is 1. The molecule has 0 radical (unpaired) electrons. The van der Waals surface area contributed by atoms with Crippen LogP contribution in [0.1, 0.15) is 18.1 Å². The number of nitrogens with two attached hydrogens (primary N) is 1. The molecule has 0 fully saturated rings. The Kier molecular flexibility index (Phi) is 7.35. The van der Waals surface area contributed by atoms with E-state index in [0.717, 1.165) is 9.87 Å². The lowest BCUT2D eigenvalue weighted by atomic mass is 10.1. The summed E-state index contributed by atoms with van der Waals surface area (Å²) in [4.78, 5) is 23.4. The minimum Gasteiger partial charge on any atom is -0.496 e. The highest BCUT2D eigenvalue weighted by molar-refractivity contribution is 7.89. The molecule has 156 valence electrons. The second-order valence-corrected chi connectivity index (χ2v) is 8.39. The van der Waals surface area contributed by atoms with Gasteiger partial charge in [0.1, 0.15) is 5.75 Å². The number of likely N-dealkylation sites (N-methyl/N-ethyl adjacent to an activating group) is 1. The number of ether oxygens (including phenoxy) is 1. The van der Waals surface area contributed by atoms with E-state index in [1.807, 2.05) is 0 Å². The number of rotatable bonds is 9. The van der Waals surface area contributed by atoms with Crippen molar-refractivity contribution in [2.75, 3.05) is 25.5 Å². The number of primary amides is 1. The third kappa shape index (κ3) is 5.78. The Hall–Kier alpha value is -2.91. The second kappa shape index (κ2) is 9.53. The minimum absolute atomic E-state index is 0.0984. The number of hydrogen-bond donors (Lipinski definition) is 2. The fraction of sp³-hybridized carbons (Fsp3) is 0.300. The number of hydrogen-bond acceptors (Lipinski definition) is 5. The first-order valence-electron chi connectivity index (χ1n) is 8.99. The molecule has 0 aliphatic carbocycles. The molecule has 0 saturated heterocycles. The molecule has 2 aromatic rings. The van der Waals surface area contributed by atoms with Gasteiger partial charge in [0.2, 0.25) is 21.8 Å². The van der Waals surface area contributed by atoms with E-state index in [1.165, 1.54) is 19.2 Å². The Labute approximate surface area is 170 Å². The van der Waals surface area contributed by atoms with E-state index in [2.05, 4.69) is 5.32 Å². The fourth-order valence-electron chi connectivity index (χ4n) is 2.79. The standard InChI is InChI=1S/C20H25N3O5S/c1-4-23(29(26,27)17-9-10-18(28-3)14(2)11-17)13-20(25)22-16-7-5-15(6-8-16)12-19(21)24/h5-11H,4,12-13H2,1-3H3,(H2,21,24)(H,22,25). The van der Waals surface area contributed by atoms with Gasteiger partial charge in [-0.15, -0.1) is 0 Å². The largest absolute Gasteiger partial charge is 0.496 e. The molecule has 9 heteroatoms. The van der Waals surface area contributed by atoms with Gasteiger partial charge in [-0.25, -0.2) is 8.42 Å². The number of carbonyl (C=O) groups excluding carboxylic acids is 2. The number of nitrogens with zero attached hydrogens (tertiary/aromatic N) is 1. The number of nitrogens with one attached hydrogen (secondary N) is 1. The molecule has 0 aliphatic rings. The Bertz CT molecular complexity index is 988. The van der Waals surface area contributed by atoms with Crippen molar-refractivity contribution in [2.24, 2.45) is 5.73 Å². The van der Waals surface area contributed by atoms with Crippen LogP contribution < -0.4 is 15.8 Å². The van der Waals surface area contributed by atoms with Crippen molar-refractivity contribution in [2.45, 2.75) is 25.2 Å². The summed E-state index contributed by atoms with van der Waals surface area (Å²) < 4.78 is 32.1. The number of benzene rings is 2. The highest BCUT2D eigenvalue weighted by Crippen LogP contribution is 2.23. The fourth-order valence-corrected chi connectivity index (χ4v) is 4.29. The Morgan fingerprint density at radius 1 is 1.14 bits per heavy atom. The molecule has 0 atom stereocenters.